The Bertz CT molecular complexity index is 1750. The number of amides is 1. The van der Waals surface area contributed by atoms with Crippen LogP contribution in [0.4, 0.5) is 4.79 Å². The molecule has 0 saturated heterocycles. The van der Waals surface area contributed by atoms with Crippen LogP contribution in [-0.4, -0.2) is 25.2 Å². The van der Waals surface area contributed by atoms with Crippen LogP contribution in [0, 0.1) is 6.92 Å². The molecule has 0 fully saturated rings. The van der Waals surface area contributed by atoms with E-state index in [0.29, 0.717) is 27.8 Å². The van der Waals surface area contributed by atoms with Crippen LogP contribution in [0.3, 0.4) is 0 Å². The molecule has 0 radical (unpaired) electrons. The molecule has 1 amide bonds. The molecule has 5 aromatic rings. The van der Waals surface area contributed by atoms with Crippen LogP contribution in [0.25, 0.3) is 22.1 Å². The van der Waals surface area contributed by atoms with Gasteiger partial charge in [-0.05, 0) is 53.4 Å². The minimum Gasteiger partial charge on any atom is -0.497 e. The summed E-state index contributed by atoms with van der Waals surface area (Å²) in [6.07, 6.45) is -0.564. The van der Waals surface area contributed by atoms with Gasteiger partial charge in [-0.25, -0.2) is 14.4 Å². The quantitative estimate of drug-likeness (QED) is 0.129. The molecule has 0 bridgehead atoms. The van der Waals surface area contributed by atoms with E-state index in [2.05, 4.69) is 5.32 Å². The van der Waals surface area contributed by atoms with E-state index in [4.69, 9.17) is 18.6 Å². The molecule has 212 valence electrons. The smallest absolute Gasteiger partial charge is 0.408 e. The SMILES string of the molecule is COc1ccc(-c2cc(=O)oc3c(C)c(OC(=O)C(Cc4ccccc4)NC(=O)OCc4ccccc4)ccc23)cc1. The Hall–Kier alpha value is -5.37. The van der Waals surface area contributed by atoms with Crippen LogP contribution in [-0.2, 0) is 22.6 Å². The summed E-state index contributed by atoms with van der Waals surface area (Å²) in [6, 6.07) is 29.6. The molecule has 0 aliphatic rings. The van der Waals surface area contributed by atoms with Gasteiger partial charge in [-0.1, -0.05) is 72.8 Å². The minimum atomic E-state index is -1.04. The Labute approximate surface area is 242 Å². The number of methoxy groups -OCH3 is 1. The van der Waals surface area contributed by atoms with Crippen molar-refractivity contribution in [1.29, 1.82) is 0 Å². The summed E-state index contributed by atoms with van der Waals surface area (Å²) >= 11 is 0. The third-order valence-corrected chi connectivity index (χ3v) is 6.79. The lowest BCUT2D eigenvalue weighted by Crippen LogP contribution is -2.44. The predicted octanol–water partition coefficient (Wildman–Crippen LogP) is 6.22. The summed E-state index contributed by atoms with van der Waals surface area (Å²) in [7, 11) is 1.58. The molecule has 0 aliphatic carbocycles. The third-order valence-electron chi connectivity index (χ3n) is 6.79. The number of aryl methyl sites for hydroxylation is 1. The maximum absolute atomic E-state index is 13.4. The van der Waals surface area contributed by atoms with E-state index in [-0.39, 0.29) is 18.8 Å². The zero-order valence-electron chi connectivity index (χ0n) is 23.2. The number of hydrogen-bond acceptors (Lipinski definition) is 7. The molecule has 0 aliphatic heterocycles. The number of benzene rings is 4. The van der Waals surface area contributed by atoms with Crippen LogP contribution in [0.5, 0.6) is 11.5 Å². The molecule has 42 heavy (non-hydrogen) atoms. The second kappa shape index (κ2) is 12.9. The zero-order valence-corrected chi connectivity index (χ0v) is 23.2. The van der Waals surface area contributed by atoms with Gasteiger partial charge in [0, 0.05) is 23.4 Å². The average molecular weight is 564 g/mol. The Kier molecular flexibility index (Phi) is 8.63. The zero-order chi connectivity index (χ0) is 29.5. The second-order valence-corrected chi connectivity index (χ2v) is 9.64. The number of carbonyl (C=O) groups is 2. The number of ether oxygens (including phenoxy) is 3. The van der Waals surface area contributed by atoms with Gasteiger partial charge in [-0.3, -0.25) is 0 Å². The Balaban J connectivity index is 1.39. The van der Waals surface area contributed by atoms with Gasteiger partial charge in [0.2, 0.25) is 0 Å². The van der Waals surface area contributed by atoms with Gasteiger partial charge in [-0.15, -0.1) is 0 Å². The lowest BCUT2D eigenvalue weighted by molar-refractivity contribution is -0.136. The number of rotatable bonds is 9. The number of carbonyl (C=O) groups excluding carboxylic acids is 2. The van der Waals surface area contributed by atoms with Crippen molar-refractivity contribution in [2.45, 2.75) is 26.0 Å². The largest absolute Gasteiger partial charge is 0.497 e. The summed E-state index contributed by atoms with van der Waals surface area (Å²) in [5.41, 5.74) is 3.36. The first-order chi connectivity index (χ1) is 20.4. The van der Waals surface area contributed by atoms with Gasteiger partial charge in [-0.2, -0.15) is 0 Å². The monoisotopic (exact) mass is 563 g/mol. The fraction of sp³-hybridized carbons (Fsp3) is 0.147. The lowest BCUT2D eigenvalue weighted by Gasteiger charge is -2.19. The van der Waals surface area contributed by atoms with Crippen molar-refractivity contribution in [2.24, 2.45) is 0 Å². The highest BCUT2D eigenvalue weighted by Gasteiger charge is 2.25. The highest BCUT2D eigenvalue weighted by atomic mass is 16.6. The van der Waals surface area contributed by atoms with Crippen LogP contribution in [0.2, 0.25) is 0 Å². The maximum Gasteiger partial charge on any atom is 0.408 e. The highest BCUT2D eigenvalue weighted by molar-refractivity contribution is 5.96. The molecular weight excluding hydrogens is 534 g/mol. The fourth-order valence-electron chi connectivity index (χ4n) is 4.59. The molecule has 1 atom stereocenters. The topological polar surface area (TPSA) is 104 Å². The first-order valence-corrected chi connectivity index (χ1v) is 13.4. The van der Waals surface area contributed by atoms with Crippen LogP contribution in [0.15, 0.2) is 112 Å². The van der Waals surface area contributed by atoms with Crippen LogP contribution < -0.4 is 20.4 Å². The standard InChI is InChI=1S/C34H29NO7/c1-22-30(18-17-27-28(20-31(36)42-32(22)27)25-13-15-26(39-2)16-14-25)41-33(37)29(19-23-9-5-3-6-10-23)35-34(38)40-21-24-11-7-4-8-12-24/h3-18,20,29H,19,21H2,1-2H3,(H,35,38). The van der Waals surface area contributed by atoms with Crippen molar-refractivity contribution in [1.82, 2.24) is 5.32 Å². The van der Waals surface area contributed by atoms with Gasteiger partial charge in [0.25, 0.3) is 0 Å². The van der Waals surface area contributed by atoms with Crippen molar-refractivity contribution in [2.75, 3.05) is 7.11 Å². The van der Waals surface area contributed by atoms with Crippen molar-refractivity contribution < 1.29 is 28.2 Å². The van der Waals surface area contributed by atoms with Crippen LogP contribution in [0.1, 0.15) is 16.7 Å². The first-order valence-electron chi connectivity index (χ1n) is 13.4. The molecule has 0 spiro atoms. The summed E-state index contributed by atoms with van der Waals surface area (Å²) in [5.74, 6) is 0.214. The summed E-state index contributed by atoms with van der Waals surface area (Å²) in [4.78, 5) is 38.6. The summed E-state index contributed by atoms with van der Waals surface area (Å²) < 4.78 is 21.9. The van der Waals surface area contributed by atoms with Gasteiger partial charge < -0.3 is 23.9 Å². The highest BCUT2D eigenvalue weighted by Crippen LogP contribution is 2.34. The number of esters is 1. The normalized spacial score (nSPS) is 11.5. The Morgan fingerprint density at radius 3 is 2.19 bits per heavy atom. The van der Waals surface area contributed by atoms with E-state index < -0.39 is 23.7 Å². The summed E-state index contributed by atoms with van der Waals surface area (Å²) in [5, 5.41) is 3.32. The van der Waals surface area contributed by atoms with Crippen LogP contribution >= 0.6 is 0 Å². The lowest BCUT2D eigenvalue weighted by atomic mass is 10.00. The number of alkyl carbamates (subject to hydrolysis) is 1. The van der Waals surface area contributed by atoms with Crippen molar-refractivity contribution in [3.8, 4) is 22.6 Å². The average Bonchev–Trinajstić information content (AvgIpc) is 3.02. The third kappa shape index (κ3) is 6.67. The predicted molar refractivity (Wildman–Crippen MR) is 159 cm³/mol. The van der Waals surface area contributed by atoms with E-state index in [0.717, 1.165) is 16.7 Å². The van der Waals surface area contributed by atoms with E-state index in [9.17, 15) is 14.4 Å². The second-order valence-electron chi connectivity index (χ2n) is 9.64. The number of fused-ring (bicyclic) bond motifs is 1. The van der Waals surface area contributed by atoms with E-state index in [1.54, 1.807) is 26.2 Å². The molecule has 8 nitrogen and oxygen atoms in total. The number of nitrogens with one attached hydrogen (secondary N) is 1. The minimum absolute atomic E-state index is 0.0547. The molecule has 5 rings (SSSR count). The molecule has 1 heterocycles. The van der Waals surface area contributed by atoms with Crippen molar-refractivity contribution in [3.63, 3.8) is 0 Å². The molecular formula is C34H29NO7. The van der Waals surface area contributed by atoms with Gasteiger partial charge >= 0.3 is 17.7 Å². The molecule has 0 saturated carbocycles. The van der Waals surface area contributed by atoms with Gasteiger partial charge in [0.1, 0.15) is 29.7 Å². The maximum atomic E-state index is 13.4. The van der Waals surface area contributed by atoms with E-state index in [1.165, 1.54) is 6.07 Å². The van der Waals surface area contributed by atoms with Crippen molar-refractivity contribution in [3.05, 3.63) is 130 Å². The van der Waals surface area contributed by atoms with Gasteiger partial charge in [0.05, 0.1) is 7.11 Å². The van der Waals surface area contributed by atoms with Gasteiger partial charge in [0.15, 0.2) is 0 Å². The molecule has 1 unspecified atom stereocenters. The first kappa shape index (κ1) is 28.2. The molecule has 4 aromatic carbocycles. The molecule has 1 N–H and O–H groups in total. The Morgan fingerprint density at radius 1 is 0.857 bits per heavy atom. The number of hydrogen-bond donors (Lipinski definition) is 1. The Morgan fingerprint density at radius 2 is 1.52 bits per heavy atom. The summed E-state index contributed by atoms with van der Waals surface area (Å²) in [6.45, 7) is 1.76. The van der Waals surface area contributed by atoms with E-state index >= 15 is 0 Å². The molecule has 1 aromatic heterocycles. The molecule has 8 heteroatoms. The van der Waals surface area contributed by atoms with E-state index in [1.807, 2.05) is 84.9 Å². The van der Waals surface area contributed by atoms with Crippen molar-refractivity contribution >= 4 is 23.0 Å². The fourth-order valence-corrected chi connectivity index (χ4v) is 4.59.